The molecule has 1 N–H and O–H groups in total. The van der Waals surface area contributed by atoms with Gasteiger partial charge in [-0.05, 0) is 40.0 Å². The zero-order valence-electron chi connectivity index (χ0n) is 13.9. The lowest BCUT2D eigenvalue weighted by Crippen LogP contribution is -2.70. The maximum Gasteiger partial charge on any atom is 0.303 e. The fourth-order valence-corrected chi connectivity index (χ4v) is 3.52. The first kappa shape index (κ1) is 17.8. The lowest BCUT2D eigenvalue weighted by atomic mass is 9.54. The van der Waals surface area contributed by atoms with Crippen molar-refractivity contribution in [1.29, 1.82) is 0 Å². The smallest absolute Gasteiger partial charge is 0.303 e. The zero-order chi connectivity index (χ0) is 16.8. The Morgan fingerprint density at radius 1 is 1.19 bits per heavy atom. The second kappa shape index (κ2) is 5.20. The van der Waals surface area contributed by atoms with Crippen molar-refractivity contribution in [1.82, 2.24) is 0 Å². The molecular formula is C16H26O5. The molecule has 0 heterocycles. The van der Waals surface area contributed by atoms with Gasteiger partial charge in [-0.25, -0.2) is 0 Å². The van der Waals surface area contributed by atoms with E-state index in [1.54, 1.807) is 13.8 Å². The molecule has 0 saturated heterocycles. The van der Waals surface area contributed by atoms with Gasteiger partial charge >= 0.3 is 5.97 Å². The largest absolute Gasteiger partial charge is 0.458 e. The number of hydrogen-bond acceptors (Lipinski definition) is 5. The molecule has 0 amide bonds. The quantitative estimate of drug-likeness (QED) is 0.636. The van der Waals surface area contributed by atoms with E-state index in [0.717, 1.165) is 0 Å². The first-order valence-corrected chi connectivity index (χ1v) is 7.27. The van der Waals surface area contributed by atoms with Gasteiger partial charge in [0, 0.05) is 6.92 Å². The van der Waals surface area contributed by atoms with Crippen LogP contribution in [0.25, 0.3) is 0 Å². The minimum atomic E-state index is -1.85. The number of aliphatic hydroxyl groups is 1. The summed E-state index contributed by atoms with van der Waals surface area (Å²) < 4.78 is 5.23. The van der Waals surface area contributed by atoms with E-state index in [1.807, 2.05) is 13.8 Å². The molecule has 120 valence electrons. The van der Waals surface area contributed by atoms with E-state index >= 15 is 0 Å². The monoisotopic (exact) mass is 298 g/mol. The molecule has 0 aromatic heterocycles. The number of carbonyl (C=O) groups is 3. The van der Waals surface area contributed by atoms with Gasteiger partial charge < -0.3 is 9.84 Å². The maximum absolute atomic E-state index is 12.7. The summed E-state index contributed by atoms with van der Waals surface area (Å²) in [6, 6.07) is 0. The minimum Gasteiger partial charge on any atom is -0.458 e. The van der Waals surface area contributed by atoms with Gasteiger partial charge in [-0.3, -0.25) is 14.4 Å². The Labute approximate surface area is 126 Å². The van der Waals surface area contributed by atoms with Gasteiger partial charge in [0.2, 0.25) is 0 Å². The average molecular weight is 298 g/mol. The third-order valence-corrected chi connectivity index (χ3v) is 4.21. The molecule has 1 rings (SSSR count). The van der Waals surface area contributed by atoms with Crippen LogP contribution in [0.5, 0.6) is 0 Å². The van der Waals surface area contributed by atoms with Gasteiger partial charge in [0.15, 0.2) is 17.2 Å². The molecule has 0 aliphatic heterocycles. The standard InChI is InChI=1S/C16H26O5/c1-9(2)8-16(20)12(19)14(4,5)11(18)15(6,7)13(16)21-10(3)17/h9,13,20H,8H2,1-7H3. The van der Waals surface area contributed by atoms with Crippen molar-refractivity contribution >= 4 is 17.5 Å². The predicted octanol–water partition coefficient (Wildman–Crippen LogP) is 1.90. The van der Waals surface area contributed by atoms with Crippen LogP contribution < -0.4 is 0 Å². The van der Waals surface area contributed by atoms with Crippen LogP contribution in [0.3, 0.4) is 0 Å². The molecular weight excluding hydrogens is 272 g/mol. The maximum atomic E-state index is 12.7. The Bertz CT molecular complexity index is 475. The van der Waals surface area contributed by atoms with Crippen molar-refractivity contribution in [2.75, 3.05) is 0 Å². The molecule has 0 radical (unpaired) electrons. The number of esters is 1. The third-order valence-electron chi connectivity index (χ3n) is 4.21. The van der Waals surface area contributed by atoms with Crippen LogP contribution in [0.15, 0.2) is 0 Å². The van der Waals surface area contributed by atoms with Crippen molar-refractivity contribution in [3.8, 4) is 0 Å². The highest BCUT2D eigenvalue weighted by atomic mass is 16.6. The predicted molar refractivity (Wildman–Crippen MR) is 77.5 cm³/mol. The average Bonchev–Trinajstić information content (AvgIpc) is 2.31. The number of Topliss-reactive ketones (excluding diaryl/α,β-unsaturated/α-hetero) is 2. The van der Waals surface area contributed by atoms with E-state index in [4.69, 9.17) is 4.74 Å². The first-order valence-electron chi connectivity index (χ1n) is 7.27. The molecule has 1 aliphatic carbocycles. The highest BCUT2D eigenvalue weighted by Crippen LogP contribution is 2.48. The number of hydrogen-bond donors (Lipinski definition) is 1. The number of carbonyl (C=O) groups excluding carboxylic acids is 3. The summed E-state index contributed by atoms with van der Waals surface area (Å²) >= 11 is 0. The second-order valence-corrected chi connectivity index (χ2v) is 7.52. The summed E-state index contributed by atoms with van der Waals surface area (Å²) in [4.78, 5) is 36.7. The van der Waals surface area contributed by atoms with E-state index in [2.05, 4.69) is 0 Å². The Balaban J connectivity index is 3.49. The van der Waals surface area contributed by atoms with E-state index in [0.29, 0.717) is 0 Å². The van der Waals surface area contributed by atoms with Crippen LogP contribution >= 0.6 is 0 Å². The number of ether oxygens (including phenoxy) is 1. The molecule has 0 aromatic carbocycles. The minimum absolute atomic E-state index is 0.0109. The summed E-state index contributed by atoms with van der Waals surface area (Å²) in [5.74, 6) is -1.49. The van der Waals surface area contributed by atoms with E-state index in [-0.39, 0.29) is 18.1 Å². The molecule has 1 fully saturated rings. The van der Waals surface area contributed by atoms with E-state index in [9.17, 15) is 19.5 Å². The van der Waals surface area contributed by atoms with Crippen molar-refractivity contribution in [2.24, 2.45) is 16.7 Å². The van der Waals surface area contributed by atoms with Crippen molar-refractivity contribution in [3.63, 3.8) is 0 Å². The fraction of sp³-hybridized carbons (Fsp3) is 0.812. The lowest BCUT2D eigenvalue weighted by molar-refractivity contribution is -0.206. The molecule has 0 aromatic rings. The summed E-state index contributed by atoms with van der Waals surface area (Å²) in [5, 5.41) is 11.0. The number of rotatable bonds is 3. The highest BCUT2D eigenvalue weighted by molar-refractivity contribution is 6.15. The molecule has 1 saturated carbocycles. The first-order chi connectivity index (χ1) is 9.27. The van der Waals surface area contributed by atoms with E-state index < -0.39 is 34.3 Å². The molecule has 5 nitrogen and oxygen atoms in total. The van der Waals surface area contributed by atoms with Crippen LogP contribution in [0.2, 0.25) is 0 Å². The van der Waals surface area contributed by atoms with Gasteiger partial charge in [0.05, 0.1) is 10.8 Å². The Morgan fingerprint density at radius 3 is 2.05 bits per heavy atom. The van der Waals surface area contributed by atoms with Crippen LogP contribution in [0.4, 0.5) is 0 Å². The third kappa shape index (κ3) is 2.76. The summed E-state index contributed by atoms with van der Waals surface area (Å²) in [6.07, 6.45) is -1.03. The molecule has 1 aliphatic rings. The van der Waals surface area contributed by atoms with Gasteiger partial charge in [-0.15, -0.1) is 0 Å². The van der Waals surface area contributed by atoms with Gasteiger partial charge in [-0.1, -0.05) is 13.8 Å². The molecule has 0 bridgehead atoms. The number of ketones is 2. The molecule has 0 spiro atoms. The van der Waals surface area contributed by atoms with Crippen LogP contribution in [-0.4, -0.2) is 34.3 Å². The lowest BCUT2D eigenvalue weighted by Gasteiger charge is -2.51. The SMILES string of the molecule is CC(=O)OC1C(C)(C)C(=O)C(C)(C)C(=O)C1(O)CC(C)C. The van der Waals surface area contributed by atoms with Crippen molar-refractivity contribution in [3.05, 3.63) is 0 Å². The second-order valence-electron chi connectivity index (χ2n) is 7.52. The Hall–Kier alpha value is -1.23. The van der Waals surface area contributed by atoms with Gasteiger partial charge in [-0.2, -0.15) is 0 Å². The normalized spacial score (nSPS) is 31.4. The van der Waals surface area contributed by atoms with Crippen molar-refractivity contribution in [2.45, 2.75) is 66.6 Å². The summed E-state index contributed by atoms with van der Waals surface area (Å²) in [6.45, 7) is 11.2. The molecule has 2 atom stereocenters. The molecule has 5 heteroatoms. The molecule has 21 heavy (non-hydrogen) atoms. The Morgan fingerprint density at radius 2 is 1.67 bits per heavy atom. The van der Waals surface area contributed by atoms with Gasteiger partial charge in [0.25, 0.3) is 0 Å². The van der Waals surface area contributed by atoms with Crippen LogP contribution in [0.1, 0.15) is 54.9 Å². The fourth-order valence-electron chi connectivity index (χ4n) is 3.52. The topological polar surface area (TPSA) is 80.7 Å². The van der Waals surface area contributed by atoms with Crippen LogP contribution in [-0.2, 0) is 19.1 Å². The molecule has 2 unspecified atom stereocenters. The zero-order valence-corrected chi connectivity index (χ0v) is 13.9. The highest BCUT2D eigenvalue weighted by Gasteiger charge is 2.66. The van der Waals surface area contributed by atoms with Crippen molar-refractivity contribution < 1.29 is 24.2 Å². The van der Waals surface area contributed by atoms with Gasteiger partial charge in [0.1, 0.15) is 6.10 Å². The van der Waals surface area contributed by atoms with Crippen LogP contribution in [0, 0.1) is 16.7 Å². The Kier molecular flexibility index (Phi) is 4.41. The summed E-state index contributed by atoms with van der Waals surface area (Å²) in [5.41, 5.74) is -4.28. The van der Waals surface area contributed by atoms with E-state index in [1.165, 1.54) is 20.8 Å². The summed E-state index contributed by atoms with van der Waals surface area (Å²) in [7, 11) is 0.